The van der Waals surface area contributed by atoms with Crippen LogP contribution in [0.15, 0.2) is 36.5 Å². The molecule has 0 bridgehead atoms. The number of nitrogens with zero attached hydrogens (tertiary/aromatic N) is 3. The Kier molecular flexibility index (Phi) is 4.70. The zero-order valence-electron chi connectivity index (χ0n) is 15.0. The first-order valence-corrected chi connectivity index (χ1v) is 8.34. The normalized spacial score (nSPS) is 12.2. The number of H-pyrrole nitrogens is 1. The van der Waals surface area contributed by atoms with Crippen LogP contribution in [0.3, 0.4) is 0 Å². The molecule has 2 heterocycles. The smallest absolute Gasteiger partial charge is 0.225 e. The number of imidazole rings is 1. The summed E-state index contributed by atoms with van der Waals surface area (Å²) in [6.45, 7) is 5.83. The lowest BCUT2D eigenvalue weighted by molar-refractivity contribution is -0.121. The van der Waals surface area contributed by atoms with Crippen LogP contribution in [0.2, 0.25) is 0 Å². The third-order valence-electron chi connectivity index (χ3n) is 4.46. The molecule has 0 radical (unpaired) electrons. The van der Waals surface area contributed by atoms with Gasteiger partial charge in [0.05, 0.1) is 30.0 Å². The highest BCUT2D eigenvalue weighted by Crippen LogP contribution is 2.19. The molecule has 25 heavy (non-hydrogen) atoms. The van der Waals surface area contributed by atoms with Crippen molar-refractivity contribution in [3.8, 4) is 11.3 Å². The lowest BCUT2D eigenvalue weighted by Gasteiger charge is -2.12. The fourth-order valence-electron chi connectivity index (χ4n) is 2.92. The number of carbonyl (C=O) groups excluding carboxylic acids is 1. The Bertz CT molecular complexity index is 879. The van der Waals surface area contributed by atoms with Gasteiger partial charge in [-0.2, -0.15) is 5.10 Å². The molecule has 1 unspecified atom stereocenters. The van der Waals surface area contributed by atoms with Crippen LogP contribution in [0.1, 0.15) is 35.7 Å². The maximum atomic E-state index is 12.4. The summed E-state index contributed by atoms with van der Waals surface area (Å²) in [5, 5.41) is 7.36. The van der Waals surface area contributed by atoms with Crippen molar-refractivity contribution in [1.82, 2.24) is 25.1 Å². The Labute approximate surface area is 147 Å². The van der Waals surface area contributed by atoms with Gasteiger partial charge in [-0.05, 0) is 26.3 Å². The first kappa shape index (κ1) is 17.0. The lowest BCUT2D eigenvalue weighted by atomic mass is 10.1. The maximum absolute atomic E-state index is 12.4. The van der Waals surface area contributed by atoms with E-state index in [1.54, 1.807) is 10.9 Å². The number of aromatic nitrogens is 4. The second-order valence-electron chi connectivity index (χ2n) is 6.29. The van der Waals surface area contributed by atoms with E-state index in [0.29, 0.717) is 6.42 Å². The van der Waals surface area contributed by atoms with E-state index in [4.69, 9.17) is 0 Å². The average Bonchev–Trinajstić information content (AvgIpc) is 3.17. The van der Waals surface area contributed by atoms with Crippen LogP contribution in [0, 0.1) is 13.8 Å². The van der Waals surface area contributed by atoms with E-state index in [0.717, 1.165) is 34.0 Å². The molecule has 0 spiro atoms. The molecule has 6 heteroatoms. The quantitative estimate of drug-likeness (QED) is 0.752. The van der Waals surface area contributed by atoms with Gasteiger partial charge in [-0.25, -0.2) is 4.98 Å². The van der Waals surface area contributed by atoms with Gasteiger partial charge < -0.3 is 10.3 Å². The molecule has 1 atom stereocenters. The molecule has 130 valence electrons. The number of aryl methyl sites for hydroxylation is 2. The highest BCUT2D eigenvalue weighted by atomic mass is 16.1. The summed E-state index contributed by atoms with van der Waals surface area (Å²) in [6, 6.07) is 9.80. The van der Waals surface area contributed by atoms with Crippen LogP contribution in [-0.4, -0.2) is 25.7 Å². The van der Waals surface area contributed by atoms with Gasteiger partial charge in [0.25, 0.3) is 0 Å². The molecule has 0 aliphatic heterocycles. The number of aromatic amines is 1. The first-order chi connectivity index (χ1) is 12.0. The van der Waals surface area contributed by atoms with Gasteiger partial charge in [-0.3, -0.25) is 9.48 Å². The molecule has 0 saturated heterocycles. The molecule has 2 N–H and O–H groups in total. The zero-order valence-corrected chi connectivity index (χ0v) is 15.0. The molecule has 6 nitrogen and oxygen atoms in total. The highest BCUT2D eigenvalue weighted by Gasteiger charge is 2.17. The standard InChI is InChI=1S/C19H23N5O/c1-12-16(14(3)24(4)23-12)10-18(25)21-13(2)19-20-11-17(22-19)15-8-6-5-7-9-15/h5-9,11,13H,10H2,1-4H3,(H,20,22)(H,21,25). The maximum Gasteiger partial charge on any atom is 0.225 e. The monoisotopic (exact) mass is 337 g/mol. The molecule has 0 saturated carbocycles. The van der Waals surface area contributed by atoms with E-state index in [2.05, 4.69) is 20.4 Å². The molecule has 3 aromatic rings. The van der Waals surface area contributed by atoms with Gasteiger partial charge in [-0.1, -0.05) is 30.3 Å². The minimum Gasteiger partial charge on any atom is -0.346 e. The van der Waals surface area contributed by atoms with E-state index >= 15 is 0 Å². The number of hydrogen-bond acceptors (Lipinski definition) is 3. The average molecular weight is 337 g/mol. The largest absolute Gasteiger partial charge is 0.346 e. The number of hydrogen-bond donors (Lipinski definition) is 2. The molecule has 3 rings (SSSR count). The van der Waals surface area contributed by atoms with Crippen LogP contribution < -0.4 is 5.32 Å². The van der Waals surface area contributed by atoms with Crippen molar-refractivity contribution in [1.29, 1.82) is 0 Å². The molecular formula is C19H23N5O. The molecule has 0 fully saturated rings. The minimum atomic E-state index is -0.192. The molecule has 0 aliphatic carbocycles. The number of rotatable bonds is 5. The SMILES string of the molecule is Cc1nn(C)c(C)c1CC(=O)NC(C)c1ncc(-c2ccccc2)[nH]1. The summed E-state index contributed by atoms with van der Waals surface area (Å²) in [7, 11) is 1.89. The lowest BCUT2D eigenvalue weighted by Crippen LogP contribution is -2.29. The number of nitrogens with one attached hydrogen (secondary N) is 2. The second kappa shape index (κ2) is 6.93. The van der Waals surface area contributed by atoms with Crippen molar-refractivity contribution in [2.75, 3.05) is 0 Å². The number of benzene rings is 1. The van der Waals surface area contributed by atoms with E-state index < -0.39 is 0 Å². The number of carbonyl (C=O) groups is 1. The Morgan fingerprint density at radius 2 is 2.00 bits per heavy atom. The van der Waals surface area contributed by atoms with Crippen molar-refractivity contribution in [3.05, 3.63) is 59.3 Å². The van der Waals surface area contributed by atoms with Gasteiger partial charge in [0.1, 0.15) is 5.82 Å². The summed E-state index contributed by atoms with van der Waals surface area (Å²) < 4.78 is 1.81. The van der Waals surface area contributed by atoms with Crippen LogP contribution >= 0.6 is 0 Å². The Morgan fingerprint density at radius 3 is 2.64 bits per heavy atom. The fourth-order valence-corrected chi connectivity index (χ4v) is 2.92. The van der Waals surface area contributed by atoms with Crippen molar-refractivity contribution < 1.29 is 4.79 Å². The molecule has 0 aliphatic rings. The second-order valence-corrected chi connectivity index (χ2v) is 6.29. The minimum absolute atomic E-state index is 0.0376. The zero-order chi connectivity index (χ0) is 18.0. The molecule has 1 aromatic carbocycles. The summed E-state index contributed by atoms with van der Waals surface area (Å²) in [6.07, 6.45) is 2.12. The van der Waals surface area contributed by atoms with Crippen LogP contribution in [-0.2, 0) is 18.3 Å². The summed E-state index contributed by atoms with van der Waals surface area (Å²) >= 11 is 0. The van der Waals surface area contributed by atoms with E-state index in [9.17, 15) is 4.79 Å². The van der Waals surface area contributed by atoms with Crippen LogP contribution in [0.25, 0.3) is 11.3 Å². The summed E-state index contributed by atoms with van der Waals surface area (Å²) in [4.78, 5) is 20.1. The van der Waals surface area contributed by atoms with E-state index in [-0.39, 0.29) is 11.9 Å². The van der Waals surface area contributed by atoms with Gasteiger partial charge in [-0.15, -0.1) is 0 Å². The first-order valence-electron chi connectivity index (χ1n) is 8.34. The van der Waals surface area contributed by atoms with Gasteiger partial charge in [0.2, 0.25) is 5.91 Å². The fraction of sp³-hybridized carbons (Fsp3) is 0.316. The van der Waals surface area contributed by atoms with Crippen molar-refractivity contribution in [2.24, 2.45) is 7.05 Å². The molecule has 2 aromatic heterocycles. The van der Waals surface area contributed by atoms with Gasteiger partial charge in [0, 0.05) is 18.3 Å². The topological polar surface area (TPSA) is 75.6 Å². The van der Waals surface area contributed by atoms with Gasteiger partial charge in [0.15, 0.2) is 0 Å². The van der Waals surface area contributed by atoms with E-state index in [1.165, 1.54) is 0 Å². The predicted molar refractivity (Wildman–Crippen MR) is 97.0 cm³/mol. The third-order valence-corrected chi connectivity index (χ3v) is 4.46. The van der Waals surface area contributed by atoms with Crippen molar-refractivity contribution in [3.63, 3.8) is 0 Å². The van der Waals surface area contributed by atoms with Crippen LogP contribution in [0.5, 0.6) is 0 Å². The van der Waals surface area contributed by atoms with E-state index in [1.807, 2.05) is 58.2 Å². The highest BCUT2D eigenvalue weighted by molar-refractivity contribution is 5.79. The number of amides is 1. The summed E-state index contributed by atoms with van der Waals surface area (Å²) in [5.74, 6) is 0.705. The Hall–Kier alpha value is -2.89. The van der Waals surface area contributed by atoms with Crippen LogP contribution in [0.4, 0.5) is 0 Å². The Morgan fingerprint density at radius 1 is 1.28 bits per heavy atom. The molecule has 1 amide bonds. The predicted octanol–water partition coefficient (Wildman–Crippen LogP) is 2.85. The van der Waals surface area contributed by atoms with Gasteiger partial charge >= 0.3 is 0 Å². The molecular weight excluding hydrogens is 314 g/mol. The van der Waals surface area contributed by atoms with Crippen molar-refractivity contribution in [2.45, 2.75) is 33.2 Å². The summed E-state index contributed by atoms with van der Waals surface area (Å²) in [5.41, 5.74) is 4.91. The third kappa shape index (κ3) is 3.63. The Balaban J connectivity index is 1.67. The van der Waals surface area contributed by atoms with Crippen molar-refractivity contribution >= 4 is 5.91 Å².